The standard InChI is InChI=1S/C18H30N2O3/c1-8-20-14(6)15(12(4)16(20)18(22)23-7)17(21)13(5)19-10-9-11(2)3/h11,13,19H,8-10H2,1-7H3. The quantitative estimate of drug-likeness (QED) is 0.590. The summed E-state index contributed by atoms with van der Waals surface area (Å²) in [6.07, 6.45) is 1.03. The second kappa shape index (κ2) is 8.29. The molecule has 0 bridgehead atoms. The van der Waals surface area contributed by atoms with Crippen LogP contribution in [0, 0.1) is 19.8 Å². The fraction of sp³-hybridized carbons (Fsp3) is 0.667. The Hall–Kier alpha value is -1.62. The molecule has 0 aliphatic carbocycles. The second-order valence-corrected chi connectivity index (χ2v) is 6.39. The van der Waals surface area contributed by atoms with Gasteiger partial charge in [-0.1, -0.05) is 13.8 Å². The fourth-order valence-electron chi connectivity index (χ4n) is 2.91. The first-order valence-electron chi connectivity index (χ1n) is 8.31. The summed E-state index contributed by atoms with van der Waals surface area (Å²) in [6, 6.07) is -0.274. The van der Waals surface area contributed by atoms with Gasteiger partial charge >= 0.3 is 5.97 Å². The van der Waals surface area contributed by atoms with Crippen LogP contribution in [-0.4, -0.2) is 36.0 Å². The zero-order chi connectivity index (χ0) is 17.7. The number of nitrogens with zero attached hydrogens (tertiary/aromatic N) is 1. The van der Waals surface area contributed by atoms with E-state index in [-0.39, 0.29) is 11.8 Å². The number of carbonyl (C=O) groups excluding carboxylic acids is 2. The van der Waals surface area contributed by atoms with Gasteiger partial charge in [0.15, 0.2) is 5.78 Å². The summed E-state index contributed by atoms with van der Waals surface area (Å²) in [5, 5.41) is 3.28. The predicted octanol–water partition coefficient (Wildman–Crippen LogP) is 3.12. The molecule has 0 amide bonds. The highest BCUT2D eigenvalue weighted by atomic mass is 16.5. The molecule has 0 saturated heterocycles. The molecule has 0 fully saturated rings. The Bertz CT molecular complexity index is 573. The Labute approximate surface area is 139 Å². The molecular formula is C18H30N2O3. The number of nitrogens with one attached hydrogen (secondary N) is 1. The van der Waals surface area contributed by atoms with Crippen molar-refractivity contribution in [3.05, 3.63) is 22.5 Å². The van der Waals surface area contributed by atoms with Gasteiger partial charge in [-0.2, -0.15) is 0 Å². The summed E-state index contributed by atoms with van der Waals surface area (Å²) in [7, 11) is 1.36. The van der Waals surface area contributed by atoms with E-state index in [9.17, 15) is 9.59 Å². The summed E-state index contributed by atoms with van der Waals surface area (Å²) < 4.78 is 6.73. The lowest BCUT2D eigenvalue weighted by molar-refractivity contribution is 0.0587. The maximum absolute atomic E-state index is 12.8. The van der Waals surface area contributed by atoms with Crippen LogP contribution in [0.25, 0.3) is 0 Å². The molecule has 5 nitrogen and oxygen atoms in total. The van der Waals surface area contributed by atoms with Crippen molar-refractivity contribution in [3.8, 4) is 0 Å². The smallest absolute Gasteiger partial charge is 0.354 e. The van der Waals surface area contributed by atoms with Crippen LogP contribution in [0.1, 0.15) is 66.2 Å². The van der Waals surface area contributed by atoms with Crippen molar-refractivity contribution < 1.29 is 14.3 Å². The van der Waals surface area contributed by atoms with E-state index < -0.39 is 5.97 Å². The summed E-state index contributed by atoms with van der Waals surface area (Å²) in [5.74, 6) is 0.230. The van der Waals surface area contributed by atoms with E-state index in [0.717, 1.165) is 18.7 Å². The van der Waals surface area contributed by atoms with Crippen molar-refractivity contribution in [3.63, 3.8) is 0 Å². The van der Waals surface area contributed by atoms with Crippen LogP contribution in [0.15, 0.2) is 0 Å². The number of methoxy groups -OCH3 is 1. The van der Waals surface area contributed by atoms with Gasteiger partial charge in [0, 0.05) is 17.8 Å². The molecule has 130 valence electrons. The molecule has 5 heteroatoms. The van der Waals surface area contributed by atoms with Crippen LogP contribution in [-0.2, 0) is 11.3 Å². The number of ketones is 1. The van der Waals surface area contributed by atoms with Crippen LogP contribution in [0.4, 0.5) is 0 Å². The minimum absolute atomic E-state index is 0.0288. The molecule has 1 N–H and O–H groups in total. The van der Waals surface area contributed by atoms with Crippen molar-refractivity contribution in [2.45, 2.75) is 60.5 Å². The minimum Gasteiger partial charge on any atom is -0.464 e. The summed E-state index contributed by atoms with van der Waals surface area (Å²) in [4.78, 5) is 24.9. The van der Waals surface area contributed by atoms with Crippen molar-refractivity contribution in [1.29, 1.82) is 0 Å². The van der Waals surface area contributed by atoms with Crippen LogP contribution >= 0.6 is 0 Å². The van der Waals surface area contributed by atoms with Gasteiger partial charge in [0.1, 0.15) is 5.69 Å². The summed E-state index contributed by atoms with van der Waals surface area (Å²) in [6.45, 7) is 13.3. The molecule has 0 spiro atoms. The van der Waals surface area contributed by atoms with E-state index in [1.807, 2.05) is 32.3 Å². The highest BCUT2D eigenvalue weighted by Crippen LogP contribution is 2.24. The van der Waals surface area contributed by atoms with Gasteiger partial charge in [-0.05, 0) is 52.1 Å². The van der Waals surface area contributed by atoms with E-state index in [1.54, 1.807) is 0 Å². The third kappa shape index (κ3) is 4.22. The molecule has 0 radical (unpaired) electrons. The van der Waals surface area contributed by atoms with Gasteiger partial charge in [-0.25, -0.2) is 4.79 Å². The monoisotopic (exact) mass is 322 g/mol. The zero-order valence-electron chi connectivity index (χ0n) is 15.4. The van der Waals surface area contributed by atoms with Crippen molar-refractivity contribution in [2.75, 3.05) is 13.7 Å². The SMILES string of the molecule is CCn1c(C)c(C(=O)C(C)NCCC(C)C)c(C)c1C(=O)OC. The van der Waals surface area contributed by atoms with Gasteiger partial charge in [-0.15, -0.1) is 0 Å². The Kier molecular flexibility index (Phi) is 7.01. The van der Waals surface area contributed by atoms with Gasteiger partial charge < -0.3 is 14.6 Å². The third-order valence-corrected chi connectivity index (χ3v) is 4.27. The second-order valence-electron chi connectivity index (χ2n) is 6.39. The Morgan fingerprint density at radius 2 is 1.83 bits per heavy atom. The Morgan fingerprint density at radius 3 is 2.30 bits per heavy atom. The highest BCUT2D eigenvalue weighted by molar-refractivity contribution is 6.05. The van der Waals surface area contributed by atoms with E-state index in [0.29, 0.717) is 29.3 Å². The lowest BCUT2D eigenvalue weighted by Crippen LogP contribution is -2.35. The van der Waals surface area contributed by atoms with Crippen molar-refractivity contribution in [2.24, 2.45) is 5.92 Å². The van der Waals surface area contributed by atoms with E-state index in [4.69, 9.17) is 4.74 Å². The van der Waals surface area contributed by atoms with Crippen LogP contribution < -0.4 is 5.32 Å². The maximum atomic E-state index is 12.8. The Morgan fingerprint density at radius 1 is 1.22 bits per heavy atom. The van der Waals surface area contributed by atoms with Gasteiger partial charge in [0.25, 0.3) is 0 Å². The zero-order valence-corrected chi connectivity index (χ0v) is 15.4. The maximum Gasteiger partial charge on any atom is 0.354 e. The molecule has 1 atom stereocenters. The largest absolute Gasteiger partial charge is 0.464 e. The van der Waals surface area contributed by atoms with Gasteiger partial charge in [0.05, 0.1) is 13.2 Å². The number of Topliss-reactive ketones (excluding diaryl/α,β-unsaturated/α-hetero) is 1. The molecule has 23 heavy (non-hydrogen) atoms. The van der Waals surface area contributed by atoms with Crippen molar-refractivity contribution >= 4 is 11.8 Å². The topological polar surface area (TPSA) is 60.3 Å². The van der Waals surface area contributed by atoms with Crippen LogP contribution in [0.2, 0.25) is 0 Å². The number of hydrogen-bond acceptors (Lipinski definition) is 4. The number of carbonyl (C=O) groups is 2. The third-order valence-electron chi connectivity index (χ3n) is 4.27. The molecule has 0 saturated carbocycles. The molecule has 1 unspecified atom stereocenters. The molecule has 1 aromatic rings. The van der Waals surface area contributed by atoms with E-state index >= 15 is 0 Å². The summed E-state index contributed by atoms with van der Waals surface area (Å²) in [5.41, 5.74) is 2.65. The van der Waals surface area contributed by atoms with Gasteiger partial charge in [0.2, 0.25) is 0 Å². The molecule has 1 aromatic heterocycles. The predicted molar refractivity (Wildman–Crippen MR) is 92.2 cm³/mol. The molecule has 1 heterocycles. The van der Waals surface area contributed by atoms with Gasteiger partial charge in [-0.3, -0.25) is 4.79 Å². The average molecular weight is 322 g/mol. The molecule has 1 rings (SSSR count). The normalized spacial score (nSPS) is 12.5. The van der Waals surface area contributed by atoms with Crippen molar-refractivity contribution in [1.82, 2.24) is 9.88 Å². The molecule has 0 aliphatic heterocycles. The van der Waals surface area contributed by atoms with E-state index in [1.165, 1.54) is 7.11 Å². The average Bonchev–Trinajstić information content (AvgIpc) is 2.75. The first kappa shape index (κ1) is 19.4. The molecule has 0 aromatic carbocycles. The number of rotatable bonds is 8. The lowest BCUT2D eigenvalue weighted by atomic mass is 10.0. The minimum atomic E-state index is -0.396. The summed E-state index contributed by atoms with van der Waals surface area (Å²) >= 11 is 0. The molecular weight excluding hydrogens is 292 g/mol. The lowest BCUT2D eigenvalue weighted by Gasteiger charge is -2.14. The first-order chi connectivity index (χ1) is 10.8. The van der Waals surface area contributed by atoms with E-state index in [2.05, 4.69) is 19.2 Å². The Balaban J connectivity index is 3.10. The highest BCUT2D eigenvalue weighted by Gasteiger charge is 2.28. The number of esters is 1. The van der Waals surface area contributed by atoms with Crippen LogP contribution in [0.5, 0.6) is 0 Å². The van der Waals surface area contributed by atoms with Crippen LogP contribution in [0.3, 0.4) is 0 Å². The number of aromatic nitrogens is 1. The fourth-order valence-corrected chi connectivity index (χ4v) is 2.91. The number of hydrogen-bond donors (Lipinski definition) is 1. The first-order valence-corrected chi connectivity index (χ1v) is 8.31. The molecule has 0 aliphatic rings. The number of ether oxygens (including phenoxy) is 1.